The average Bonchev–Trinajstić information content (AvgIpc) is 3.72. The molecule has 8 atom stereocenters. The molecule has 0 aromatic heterocycles. The number of alkyl halides is 1. The first-order chi connectivity index (χ1) is 25.0. The van der Waals surface area contributed by atoms with E-state index in [4.69, 9.17) is 25.8 Å². The van der Waals surface area contributed by atoms with E-state index in [0.29, 0.717) is 42.0 Å². The van der Waals surface area contributed by atoms with E-state index in [0.717, 1.165) is 5.56 Å². The Balaban J connectivity index is 1.54. The first kappa shape index (κ1) is 39.7. The van der Waals surface area contributed by atoms with Crippen molar-refractivity contribution < 1.29 is 38.5 Å². The van der Waals surface area contributed by atoms with Crippen LogP contribution in [-0.2, 0) is 33.4 Å². The van der Waals surface area contributed by atoms with E-state index >= 15 is 0 Å². The molecular weight excluding hydrogens is 754 g/mol. The second-order valence-corrected chi connectivity index (χ2v) is 15.1. The molecule has 3 aliphatic heterocycles. The number of halogens is 2. The number of ether oxygens (including phenoxy) is 3. The van der Waals surface area contributed by atoms with Gasteiger partial charge in [0.25, 0.3) is 5.91 Å². The van der Waals surface area contributed by atoms with E-state index in [9.17, 15) is 24.3 Å². The molecule has 3 aliphatic rings. The normalized spacial score (nSPS) is 25.7. The van der Waals surface area contributed by atoms with E-state index in [1.165, 1.54) is 16.9 Å². The van der Waals surface area contributed by atoms with Crippen molar-refractivity contribution in [3.63, 3.8) is 0 Å². The highest BCUT2D eigenvalue weighted by atomic mass is 79.9. The van der Waals surface area contributed by atoms with Gasteiger partial charge in [0.1, 0.15) is 17.7 Å². The maximum atomic E-state index is 14.9. The van der Waals surface area contributed by atoms with Gasteiger partial charge in [-0.15, -0.1) is 13.2 Å². The first-order valence-electron chi connectivity index (χ1n) is 17.6. The third-order valence-electron chi connectivity index (χ3n) is 10.1. The number of anilines is 1. The molecule has 0 saturated carbocycles. The SMILES string of the molecule is C=CCCC(=O)N[C@H](COC)[C@H](OC(=O)[C@H]1[C@@H]2O[C@@]3(CC2Br)[C@@H]1C(=O)N(CCCCO)[C@@H]3C(=O)N(CC=C)c1c(C)cccc1Cl)c1ccccc1. The van der Waals surface area contributed by atoms with Crippen LogP contribution in [0.1, 0.15) is 49.3 Å². The summed E-state index contributed by atoms with van der Waals surface area (Å²) in [6, 6.07) is 12.5. The molecule has 3 saturated heterocycles. The Kier molecular flexibility index (Phi) is 13.4. The number of unbranched alkanes of at least 4 members (excludes halogenated alkanes) is 1. The number of likely N-dealkylation sites (tertiary alicyclic amines) is 1. The van der Waals surface area contributed by atoms with Crippen LogP contribution in [0.25, 0.3) is 0 Å². The van der Waals surface area contributed by atoms with E-state index in [-0.39, 0.29) is 43.5 Å². The number of fused-ring (bicyclic) bond motifs is 1. The van der Waals surface area contributed by atoms with Gasteiger partial charge in [0.2, 0.25) is 11.8 Å². The van der Waals surface area contributed by atoms with Crippen LogP contribution in [-0.4, -0.2) is 95.7 Å². The van der Waals surface area contributed by atoms with Gasteiger partial charge in [-0.25, -0.2) is 0 Å². The molecule has 3 amide bonds. The number of methoxy groups -OCH3 is 1. The minimum Gasteiger partial charge on any atom is -0.455 e. The van der Waals surface area contributed by atoms with Crippen LogP contribution in [0.15, 0.2) is 73.8 Å². The molecule has 0 aliphatic carbocycles. The number of rotatable bonds is 18. The van der Waals surface area contributed by atoms with Gasteiger partial charge in [-0.3, -0.25) is 19.2 Å². The van der Waals surface area contributed by atoms with Gasteiger partial charge in [0, 0.05) is 38.1 Å². The fraction of sp³-hybridized carbons (Fsp3) is 0.487. The first-order valence-corrected chi connectivity index (χ1v) is 18.9. The van der Waals surface area contributed by atoms with Crippen molar-refractivity contribution in [1.29, 1.82) is 0 Å². The molecule has 52 heavy (non-hydrogen) atoms. The number of amides is 3. The molecule has 11 nitrogen and oxygen atoms in total. The van der Waals surface area contributed by atoms with E-state index in [1.54, 1.807) is 48.6 Å². The Labute approximate surface area is 318 Å². The van der Waals surface area contributed by atoms with Crippen LogP contribution in [0.2, 0.25) is 5.02 Å². The highest BCUT2D eigenvalue weighted by Crippen LogP contribution is 2.60. The molecule has 1 spiro atoms. The highest BCUT2D eigenvalue weighted by Gasteiger charge is 2.77. The Morgan fingerprint density at radius 3 is 2.58 bits per heavy atom. The van der Waals surface area contributed by atoms with Crippen molar-refractivity contribution in [3.05, 3.63) is 90.0 Å². The number of aliphatic hydroxyl groups is 1. The smallest absolute Gasteiger partial charge is 0.313 e. The van der Waals surface area contributed by atoms with Crippen molar-refractivity contribution in [2.75, 3.05) is 38.3 Å². The van der Waals surface area contributed by atoms with E-state index < -0.39 is 59.5 Å². The lowest BCUT2D eigenvalue weighted by Gasteiger charge is -2.37. The monoisotopic (exact) mass is 799 g/mol. The van der Waals surface area contributed by atoms with Crippen molar-refractivity contribution in [2.45, 2.75) is 73.7 Å². The van der Waals surface area contributed by atoms with Crippen LogP contribution < -0.4 is 10.2 Å². The zero-order valence-corrected chi connectivity index (χ0v) is 31.9. The van der Waals surface area contributed by atoms with Gasteiger partial charge in [0.15, 0.2) is 0 Å². The molecule has 3 fully saturated rings. The molecule has 280 valence electrons. The maximum absolute atomic E-state index is 14.9. The standard InChI is InChI=1S/C39H47BrClN3O8/c1-5-7-18-29(46)42-28(23-50-4)33(25-15-9-8-10-16-25)51-38(49)30-31-36(47)44(20-11-12-21-45)35(39(31)22-26(40)34(30)52-39)37(48)43(19-6-2)32-24(3)14-13-17-27(32)41/h5-6,8-10,13-17,26,28,30-31,33-35,45H,1-2,7,11-12,18-23H2,3-4H3,(H,42,46)/t26?,28-,30-,31+,33-,34-,35-,39+/m1/s1. The summed E-state index contributed by atoms with van der Waals surface area (Å²) in [5.74, 6) is -3.83. The third kappa shape index (κ3) is 7.72. The topological polar surface area (TPSA) is 135 Å². The number of carbonyl (C=O) groups is 4. The Morgan fingerprint density at radius 1 is 1.17 bits per heavy atom. The van der Waals surface area contributed by atoms with E-state index in [1.807, 2.05) is 19.1 Å². The lowest BCUT2D eigenvalue weighted by Crippen LogP contribution is -2.57. The van der Waals surface area contributed by atoms with Crippen molar-refractivity contribution in [2.24, 2.45) is 11.8 Å². The van der Waals surface area contributed by atoms with Crippen molar-refractivity contribution in [3.8, 4) is 0 Å². The Bertz CT molecular complexity index is 1620. The third-order valence-corrected chi connectivity index (χ3v) is 11.3. The number of aryl methyl sites for hydroxylation is 1. The van der Waals surface area contributed by atoms with Gasteiger partial charge >= 0.3 is 5.97 Å². The number of allylic oxidation sites excluding steroid dienone is 1. The second kappa shape index (κ2) is 17.5. The molecule has 2 N–H and O–H groups in total. The van der Waals surface area contributed by atoms with Crippen LogP contribution in [0.4, 0.5) is 5.69 Å². The fourth-order valence-corrected chi connectivity index (χ4v) is 9.24. The number of hydrogen-bond acceptors (Lipinski definition) is 8. The van der Waals surface area contributed by atoms with Crippen LogP contribution in [0.3, 0.4) is 0 Å². The Hall–Kier alpha value is -3.55. The van der Waals surface area contributed by atoms with Gasteiger partial charge in [-0.2, -0.15) is 0 Å². The highest BCUT2D eigenvalue weighted by molar-refractivity contribution is 9.09. The minimum absolute atomic E-state index is 0.0421. The van der Waals surface area contributed by atoms with Crippen LogP contribution in [0.5, 0.6) is 0 Å². The zero-order valence-electron chi connectivity index (χ0n) is 29.5. The quantitative estimate of drug-likeness (QED) is 0.0925. The van der Waals surface area contributed by atoms with Crippen LogP contribution in [0, 0.1) is 18.8 Å². The average molecular weight is 801 g/mol. The van der Waals surface area contributed by atoms with Crippen molar-refractivity contribution in [1.82, 2.24) is 10.2 Å². The molecular formula is C39H47BrClN3O8. The van der Waals surface area contributed by atoms with Gasteiger partial charge < -0.3 is 34.4 Å². The predicted octanol–water partition coefficient (Wildman–Crippen LogP) is 5.07. The summed E-state index contributed by atoms with van der Waals surface area (Å²) in [6.45, 7) is 9.66. The number of carbonyl (C=O) groups excluding carboxylic acids is 4. The number of nitrogens with zero attached hydrogens (tertiary/aromatic N) is 2. The van der Waals surface area contributed by atoms with E-state index in [2.05, 4.69) is 34.4 Å². The Morgan fingerprint density at radius 2 is 1.92 bits per heavy atom. The van der Waals surface area contributed by atoms with Crippen molar-refractivity contribution >= 4 is 56.9 Å². The maximum Gasteiger partial charge on any atom is 0.313 e. The molecule has 5 rings (SSSR count). The molecule has 1 unspecified atom stereocenters. The predicted molar refractivity (Wildman–Crippen MR) is 201 cm³/mol. The number of benzene rings is 2. The van der Waals surface area contributed by atoms with Gasteiger partial charge in [0.05, 0.1) is 41.3 Å². The fourth-order valence-electron chi connectivity index (χ4n) is 7.97. The minimum atomic E-state index is -1.36. The molecule has 3 heterocycles. The summed E-state index contributed by atoms with van der Waals surface area (Å²) < 4.78 is 18.5. The largest absolute Gasteiger partial charge is 0.455 e. The summed E-state index contributed by atoms with van der Waals surface area (Å²) in [7, 11) is 1.50. The summed E-state index contributed by atoms with van der Waals surface area (Å²) >= 11 is 10.4. The second-order valence-electron chi connectivity index (χ2n) is 13.5. The summed E-state index contributed by atoms with van der Waals surface area (Å²) in [5.41, 5.74) is 0.527. The number of para-hydroxylation sites is 1. The summed E-state index contributed by atoms with van der Waals surface area (Å²) in [6.07, 6.45) is 3.31. The zero-order chi connectivity index (χ0) is 37.6. The molecule has 2 aromatic rings. The number of nitrogens with one attached hydrogen (secondary N) is 1. The van der Waals surface area contributed by atoms with Crippen LogP contribution >= 0.6 is 27.5 Å². The number of hydrogen-bond donors (Lipinski definition) is 2. The van der Waals surface area contributed by atoms with Gasteiger partial charge in [-0.05, 0) is 49.8 Å². The number of aliphatic hydroxyl groups excluding tert-OH is 1. The lowest BCUT2D eigenvalue weighted by molar-refractivity contribution is -0.163. The number of esters is 1. The summed E-state index contributed by atoms with van der Waals surface area (Å²) in [4.78, 5) is 59.7. The summed E-state index contributed by atoms with van der Waals surface area (Å²) in [5, 5.41) is 12.9. The lowest BCUT2D eigenvalue weighted by atomic mass is 9.70. The molecule has 0 radical (unpaired) electrons. The molecule has 13 heteroatoms. The molecule has 2 bridgehead atoms. The molecule has 2 aromatic carbocycles. The van der Waals surface area contributed by atoms with Gasteiger partial charge in [-0.1, -0.05) is 82.1 Å².